The van der Waals surface area contributed by atoms with Crippen LogP contribution in [-0.2, 0) is 9.59 Å². The van der Waals surface area contributed by atoms with Gasteiger partial charge in [0.05, 0.1) is 6.42 Å². The van der Waals surface area contributed by atoms with Gasteiger partial charge in [0, 0.05) is 5.56 Å². The van der Waals surface area contributed by atoms with E-state index in [4.69, 9.17) is 11.5 Å². The van der Waals surface area contributed by atoms with E-state index in [0.29, 0.717) is 0 Å². The minimum absolute atomic E-state index is 0.125. The van der Waals surface area contributed by atoms with Crippen LogP contribution >= 0.6 is 0 Å². The number of amides is 1. The largest absolute Gasteiger partial charge is 0.480 e. The molecule has 0 aromatic heterocycles. The first-order valence-corrected chi connectivity index (χ1v) is 6.19. The summed E-state index contributed by atoms with van der Waals surface area (Å²) in [5.41, 5.74) is 8.37. The second-order valence-corrected chi connectivity index (χ2v) is 4.81. The molecule has 0 spiro atoms. The number of aliphatic carboxylic acids is 1. The Hall–Kier alpha value is -2.73. The number of primary amides is 1. The molecular formula is C15H14N2O4. The predicted octanol–water partition coefficient (Wildman–Crippen LogP) is 0.680. The quantitative estimate of drug-likeness (QED) is 0.551. The minimum Gasteiger partial charge on any atom is -0.480 e. The lowest BCUT2D eigenvalue weighted by Gasteiger charge is -2.21. The fourth-order valence-corrected chi connectivity index (χ4v) is 2.12. The van der Waals surface area contributed by atoms with Crippen LogP contribution in [-0.4, -0.2) is 28.3 Å². The SMILES string of the molecule is NC(=O)CC(N)(C(=O)O)C(=O)c1ccc2ccccc2c1. The highest BCUT2D eigenvalue weighted by Gasteiger charge is 2.44. The Kier molecular flexibility index (Phi) is 3.73. The van der Waals surface area contributed by atoms with Gasteiger partial charge in [-0.15, -0.1) is 0 Å². The molecule has 1 amide bonds. The number of nitrogens with two attached hydrogens (primary N) is 2. The number of hydrogen-bond acceptors (Lipinski definition) is 4. The summed E-state index contributed by atoms with van der Waals surface area (Å²) in [5, 5.41) is 10.9. The molecule has 0 saturated heterocycles. The standard InChI is InChI=1S/C15H14N2O4/c16-12(18)8-15(17,14(20)21)13(19)11-6-5-9-3-1-2-4-10(9)7-11/h1-7H,8,17H2,(H2,16,18)(H,20,21). The third-order valence-corrected chi connectivity index (χ3v) is 3.25. The van der Waals surface area contributed by atoms with E-state index in [1.807, 2.05) is 12.1 Å². The lowest BCUT2D eigenvalue weighted by molar-refractivity contribution is -0.143. The van der Waals surface area contributed by atoms with E-state index >= 15 is 0 Å². The van der Waals surface area contributed by atoms with Gasteiger partial charge in [0.15, 0.2) is 11.3 Å². The molecule has 5 N–H and O–H groups in total. The molecule has 0 radical (unpaired) electrons. The molecule has 0 fully saturated rings. The first-order chi connectivity index (χ1) is 9.84. The Morgan fingerprint density at radius 2 is 1.67 bits per heavy atom. The molecule has 2 aromatic carbocycles. The van der Waals surface area contributed by atoms with Crippen molar-refractivity contribution in [1.29, 1.82) is 0 Å². The van der Waals surface area contributed by atoms with Crippen LogP contribution < -0.4 is 11.5 Å². The Labute approximate surface area is 120 Å². The molecule has 0 heterocycles. The molecule has 2 rings (SSSR count). The molecule has 0 saturated carbocycles. The topological polar surface area (TPSA) is 123 Å². The summed E-state index contributed by atoms with van der Waals surface area (Å²) in [5.74, 6) is -3.38. The van der Waals surface area contributed by atoms with E-state index < -0.39 is 29.6 Å². The maximum atomic E-state index is 12.4. The van der Waals surface area contributed by atoms with Crippen LogP contribution in [0.1, 0.15) is 16.8 Å². The first-order valence-electron chi connectivity index (χ1n) is 6.19. The van der Waals surface area contributed by atoms with E-state index in [2.05, 4.69) is 0 Å². The van der Waals surface area contributed by atoms with Crippen molar-refractivity contribution in [2.24, 2.45) is 11.5 Å². The third kappa shape index (κ3) is 2.75. The average molecular weight is 286 g/mol. The molecule has 1 unspecified atom stereocenters. The zero-order valence-corrected chi connectivity index (χ0v) is 11.1. The number of benzene rings is 2. The molecule has 0 bridgehead atoms. The summed E-state index contributed by atoms with van der Waals surface area (Å²) in [7, 11) is 0. The van der Waals surface area contributed by atoms with Crippen molar-refractivity contribution in [3.8, 4) is 0 Å². The van der Waals surface area contributed by atoms with E-state index in [-0.39, 0.29) is 5.56 Å². The summed E-state index contributed by atoms with van der Waals surface area (Å²) < 4.78 is 0. The monoisotopic (exact) mass is 286 g/mol. The lowest BCUT2D eigenvalue weighted by Crippen LogP contribution is -2.57. The van der Waals surface area contributed by atoms with Gasteiger partial charge < -0.3 is 16.6 Å². The molecule has 0 aliphatic heterocycles. The molecule has 6 heteroatoms. The van der Waals surface area contributed by atoms with Crippen molar-refractivity contribution in [3.63, 3.8) is 0 Å². The summed E-state index contributed by atoms with van der Waals surface area (Å²) in [6, 6.07) is 12.0. The summed E-state index contributed by atoms with van der Waals surface area (Å²) in [6.45, 7) is 0. The van der Waals surface area contributed by atoms with Gasteiger partial charge >= 0.3 is 5.97 Å². The normalized spacial score (nSPS) is 13.6. The maximum absolute atomic E-state index is 12.4. The zero-order valence-electron chi connectivity index (χ0n) is 11.1. The van der Waals surface area contributed by atoms with E-state index in [1.165, 1.54) is 6.07 Å². The van der Waals surface area contributed by atoms with Crippen LogP contribution in [0.15, 0.2) is 42.5 Å². The Balaban J connectivity index is 2.48. The number of carboxylic acids is 1. The number of carboxylic acid groups (broad SMARTS) is 1. The summed E-state index contributed by atoms with van der Waals surface area (Å²) >= 11 is 0. The maximum Gasteiger partial charge on any atom is 0.332 e. The van der Waals surface area contributed by atoms with Gasteiger partial charge in [0.1, 0.15) is 0 Å². The fourth-order valence-electron chi connectivity index (χ4n) is 2.12. The number of ketones is 1. The number of fused-ring (bicyclic) bond motifs is 1. The van der Waals surface area contributed by atoms with Crippen LogP contribution in [0.2, 0.25) is 0 Å². The van der Waals surface area contributed by atoms with Crippen LogP contribution in [0.5, 0.6) is 0 Å². The van der Waals surface area contributed by atoms with E-state index in [9.17, 15) is 19.5 Å². The van der Waals surface area contributed by atoms with Crippen LogP contribution in [0.3, 0.4) is 0 Å². The summed E-state index contributed by atoms with van der Waals surface area (Å²) in [4.78, 5) is 34.6. The predicted molar refractivity (Wildman–Crippen MR) is 76.6 cm³/mol. The van der Waals surface area contributed by atoms with Gasteiger partial charge in [0.2, 0.25) is 5.91 Å². The highest BCUT2D eigenvalue weighted by molar-refractivity contribution is 6.18. The number of rotatable bonds is 5. The molecule has 21 heavy (non-hydrogen) atoms. The molecule has 0 aliphatic carbocycles. The number of hydrogen-bond donors (Lipinski definition) is 3. The molecule has 1 atom stereocenters. The van der Waals surface area contributed by atoms with Crippen molar-refractivity contribution in [2.75, 3.05) is 0 Å². The van der Waals surface area contributed by atoms with Crippen molar-refractivity contribution in [2.45, 2.75) is 12.0 Å². The molecule has 0 aliphatic rings. The van der Waals surface area contributed by atoms with Crippen molar-refractivity contribution >= 4 is 28.4 Å². The Morgan fingerprint density at radius 1 is 1.05 bits per heavy atom. The van der Waals surface area contributed by atoms with Crippen LogP contribution in [0.25, 0.3) is 10.8 Å². The van der Waals surface area contributed by atoms with Crippen LogP contribution in [0, 0.1) is 0 Å². The molecular weight excluding hydrogens is 272 g/mol. The second-order valence-electron chi connectivity index (χ2n) is 4.81. The zero-order chi connectivity index (χ0) is 15.6. The van der Waals surface area contributed by atoms with E-state index in [0.717, 1.165) is 10.8 Å². The van der Waals surface area contributed by atoms with Gasteiger partial charge in [0.25, 0.3) is 0 Å². The van der Waals surface area contributed by atoms with E-state index in [1.54, 1.807) is 24.3 Å². The smallest absolute Gasteiger partial charge is 0.332 e. The molecule has 2 aromatic rings. The first kappa shape index (κ1) is 14.7. The molecule has 6 nitrogen and oxygen atoms in total. The highest BCUT2D eigenvalue weighted by Crippen LogP contribution is 2.20. The van der Waals surface area contributed by atoms with Crippen molar-refractivity contribution in [1.82, 2.24) is 0 Å². The number of Topliss-reactive ketones (excluding diaryl/α,β-unsaturated/α-hetero) is 1. The Bertz CT molecular complexity index is 741. The minimum atomic E-state index is -2.35. The molecule has 108 valence electrons. The lowest BCUT2D eigenvalue weighted by atomic mass is 9.86. The average Bonchev–Trinajstić information content (AvgIpc) is 2.45. The van der Waals surface area contributed by atoms with Gasteiger partial charge in [-0.2, -0.15) is 0 Å². The van der Waals surface area contributed by atoms with Gasteiger partial charge in [-0.25, -0.2) is 4.79 Å². The number of carbonyl (C=O) groups is 3. The highest BCUT2D eigenvalue weighted by atomic mass is 16.4. The number of carbonyl (C=O) groups excluding carboxylic acids is 2. The van der Waals surface area contributed by atoms with Crippen LogP contribution in [0.4, 0.5) is 0 Å². The van der Waals surface area contributed by atoms with Crippen molar-refractivity contribution < 1.29 is 19.5 Å². The van der Waals surface area contributed by atoms with Gasteiger partial charge in [-0.1, -0.05) is 36.4 Å². The third-order valence-electron chi connectivity index (χ3n) is 3.25. The second kappa shape index (κ2) is 5.34. The Morgan fingerprint density at radius 3 is 2.24 bits per heavy atom. The van der Waals surface area contributed by atoms with Gasteiger partial charge in [-0.05, 0) is 16.8 Å². The van der Waals surface area contributed by atoms with Crippen molar-refractivity contribution in [3.05, 3.63) is 48.0 Å². The summed E-state index contributed by atoms with van der Waals surface area (Å²) in [6.07, 6.45) is -0.756. The van der Waals surface area contributed by atoms with Gasteiger partial charge in [-0.3, -0.25) is 9.59 Å². The fraction of sp³-hybridized carbons (Fsp3) is 0.133.